The Bertz CT molecular complexity index is 421. The molecule has 1 rings (SSSR count). The van der Waals surface area contributed by atoms with Gasteiger partial charge in [-0.2, -0.15) is 0 Å². The van der Waals surface area contributed by atoms with Gasteiger partial charge in [-0.25, -0.2) is 4.39 Å². The Morgan fingerprint density at radius 1 is 1.53 bits per heavy atom. The molecule has 3 nitrogen and oxygen atoms in total. The highest BCUT2D eigenvalue weighted by Crippen LogP contribution is 2.19. The second-order valence-electron chi connectivity index (χ2n) is 4.44. The van der Waals surface area contributed by atoms with Crippen molar-refractivity contribution in [3.05, 3.63) is 34.1 Å². The van der Waals surface area contributed by atoms with Crippen molar-refractivity contribution in [3.8, 4) is 0 Å². The van der Waals surface area contributed by atoms with Gasteiger partial charge in [0.25, 0.3) is 5.91 Å². The maximum absolute atomic E-state index is 13.0. The van der Waals surface area contributed by atoms with Crippen LogP contribution < -0.4 is 5.32 Å². The minimum Gasteiger partial charge on any atom is -0.396 e. The molecule has 0 atom stereocenters. The molecule has 0 fully saturated rings. The van der Waals surface area contributed by atoms with Gasteiger partial charge in [0.2, 0.25) is 0 Å². The lowest BCUT2D eigenvalue weighted by Crippen LogP contribution is -2.44. The van der Waals surface area contributed by atoms with E-state index in [2.05, 4.69) is 21.2 Å². The fraction of sp³-hybridized carbons (Fsp3) is 0.417. The van der Waals surface area contributed by atoms with Crippen LogP contribution in [0.15, 0.2) is 22.7 Å². The highest BCUT2D eigenvalue weighted by Gasteiger charge is 2.21. The monoisotopic (exact) mass is 303 g/mol. The van der Waals surface area contributed by atoms with Gasteiger partial charge in [0.1, 0.15) is 5.82 Å². The number of hydrogen-bond acceptors (Lipinski definition) is 2. The number of aliphatic hydroxyl groups is 1. The van der Waals surface area contributed by atoms with Crippen LogP contribution >= 0.6 is 15.9 Å². The van der Waals surface area contributed by atoms with Crippen LogP contribution in [0.3, 0.4) is 0 Å². The Hall–Kier alpha value is -0.940. The molecular weight excluding hydrogens is 289 g/mol. The van der Waals surface area contributed by atoms with Crippen molar-refractivity contribution in [2.24, 2.45) is 0 Å². The van der Waals surface area contributed by atoms with Gasteiger partial charge in [0.15, 0.2) is 0 Å². The van der Waals surface area contributed by atoms with Crippen molar-refractivity contribution in [2.75, 3.05) is 6.61 Å². The molecule has 5 heteroatoms. The molecule has 0 bridgehead atoms. The van der Waals surface area contributed by atoms with Gasteiger partial charge in [0, 0.05) is 16.6 Å². The normalized spacial score (nSPS) is 11.4. The van der Waals surface area contributed by atoms with Crippen LogP contribution in [0.2, 0.25) is 0 Å². The van der Waals surface area contributed by atoms with Crippen LogP contribution in [0.1, 0.15) is 30.6 Å². The van der Waals surface area contributed by atoms with Crippen LogP contribution in [0, 0.1) is 5.82 Å². The van der Waals surface area contributed by atoms with Crippen molar-refractivity contribution in [2.45, 2.75) is 25.8 Å². The summed E-state index contributed by atoms with van der Waals surface area (Å²) < 4.78 is 13.6. The zero-order valence-corrected chi connectivity index (χ0v) is 11.3. The molecule has 2 N–H and O–H groups in total. The number of rotatable bonds is 4. The van der Waals surface area contributed by atoms with Crippen LogP contribution in [0.4, 0.5) is 4.39 Å². The first kappa shape index (κ1) is 14.1. The molecule has 1 amide bonds. The third-order valence-electron chi connectivity index (χ3n) is 2.36. The molecule has 0 unspecified atom stereocenters. The summed E-state index contributed by atoms with van der Waals surface area (Å²) >= 11 is 3.20. The molecule has 0 spiro atoms. The topological polar surface area (TPSA) is 49.3 Å². The van der Waals surface area contributed by atoms with E-state index in [1.54, 1.807) is 13.8 Å². The molecule has 0 saturated carbocycles. The highest BCUT2D eigenvalue weighted by atomic mass is 79.9. The van der Waals surface area contributed by atoms with Crippen molar-refractivity contribution in [1.82, 2.24) is 5.32 Å². The molecular formula is C12H15BrFNO2. The molecule has 0 aromatic heterocycles. The standard InChI is InChI=1S/C12H15BrFNO2/c1-12(2,5-6-16)15-11(17)9-7-8(14)3-4-10(9)13/h3-4,7,16H,5-6H2,1-2H3,(H,15,17). The summed E-state index contributed by atoms with van der Waals surface area (Å²) in [6, 6.07) is 3.94. The number of carbonyl (C=O) groups is 1. The van der Waals surface area contributed by atoms with Gasteiger partial charge < -0.3 is 10.4 Å². The molecule has 0 aliphatic heterocycles. The van der Waals surface area contributed by atoms with Gasteiger partial charge in [0.05, 0.1) is 5.56 Å². The van der Waals surface area contributed by atoms with Crippen molar-refractivity contribution in [1.29, 1.82) is 0 Å². The molecule has 1 aromatic rings. The number of amides is 1. The summed E-state index contributed by atoms with van der Waals surface area (Å²) in [6.07, 6.45) is 0.436. The van der Waals surface area contributed by atoms with Gasteiger partial charge in [-0.15, -0.1) is 0 Å². The average Bonchev–Trinajstić information content (AvgIpc) is 2.20. The second-order valence-corrected chi connectivity index (χ2v) is 5.29. The first-order valence-electron chi connectivity index (χ1n) is 5.24. The van der Waals surface area contributed by atoms with Crippen LogP contribution in [-0.2, 0) is 0 Å². The molecule has 0 aliphatic carbocycles. The van der Waals surface area contributed by atoms with E-state index >= 15 is 0 Å². The number of carbonyl (C=O) groups excluding carboxylic acids is 1. The second kappa shape index (κ2) is 5.60. The first-order valence-corrected chi connectivity index (χ1v) is 6.03. The van der Waals surface area contributed by atoms with Crippen LogP contribution in [-0.4, -0.2) is 23.2 Å². The third-order valence-corrected chi connectivity index (χ3v) is 3.05. The zero-order valence-electron chi connectivity index (χ0n) is 9.76. The minimum absolute atomic E-state index is 0.0163. The number of halogens is 2. The molecule has 1 aromatic carbocycles. The lowest BCUT2D eigenvalue weighted by molar-refractivity contribution is 0.0898. The maximum Gasteiger partial charge on any atom is 0.252 e. The Morgan fingerprint density at radius 2 is 2.18 bits per heavy atom. The number of benzene rings is 1. The summed E-state index contributed by atoms with van der Waals surface area (Å²) in [7, 11) is 0. The predicted octanol–water partition coefficient (Wildman–Crippen LogP) is 2.48. The molecule has 0 aliphatic rings. The van der Waals surface area contributed by atoms with E-state index in [0.717, 1.165) is 0 Å². The summed E-state index contributed by atoms with van der Waals surface area (Å²) in [6.45, 7) is 3.58. The SMILES string of the molecule is CC(C)(CCO)NC(=O)c1cc(F)ccc1Br. The number of aliphatic hydroxyl groups excluding tert-OH is 1. The van der Waals surface area contributed by atoms with E-state index in [4.69, 9.17) is 5.11 Å². The van der Waals surface area contributed by atoms with Gasteiger partial charge >= 0.3 is 0 Å². The van der Waals surface area contributed by atoms with E-state index < -0.39 is 11.4 Å². The lowest BCUT2D eigenvalue weighted by atomic mass is 10.0. The molecule has 0 radical (unpaired) electrons. The van der Waals surface area contributed by atoms with Crippen molar-refractivity contribution in [3.63, 3.8) is 0 Å². The van der Waals surface area contributed by atoms with Gasteiger partial charge in [-0.3, -0.25) is 4.79 Å². The van der Waals surface area contributed by atoms with Crippen LogP contribution in [0.25, 0.3) is 0 Å². The Kier molecular flexibility index (Phi) is 4.65. The zero-order chi connectivity index (χ0) is 13.1. The summed E-state index contributed by atoms with van der Waals surface area (Å²) in [4.78, 5) is 11.9. The fourth-order valence-electron chi connectivity index (χ4n) is 1.39. The highest BCUT2D eigenvalue weighted by molar-refractivity contribution is 9.10. The van der Waals surface area contributed by atoms with Crippen molar-refractivity contribution < 1.29 is 14.3 Å². The summed E-state index contributed by atoms with van der Waals surface area (Å²) in [5.41, 5.74) is -0.284. The Morgan fingerprint density at radius 3 is 2.76 bits per heavy atom. The molecule has 0 saturated heterocycles. The van der Waals surface area contributed by atoms with E-state index in [0.29, 0.717) is 10.9 Å². The van der Waals surface area contributed by atoms with Crippen LogP contribution in [0.5, 0.6) is 0 Å². The van der Waals surface area contributed by atoms with Gasteiger partial charge in [-0.05, 0) is 54.4 Å². The lowest BCUT2D eigenvalue weighted by Gasteiger charge is -2.25. The predicted molar refractivity (Wildman–Crippen MR) is 67.3 cm³/mol. The molecule has 17 heavy (non-hydrogen) atoms. The van der Waals surface area contributed by atoms with Gasteiger partial charge in [-0.1, -0.05) is 0 Å². The third kappa shape index (κ3) is 4.09. The quantitative estimate of drug-likeness (QED) is 0.898. The maximum atomic E-state index is 13.0. The Balaban J connectivity index is 2.86. The van der Waals surface area contributed by atoms with E-state index in [9.17, 15) is 9.18 Å². The summed E-state index contributed by atoms with van der Waals surface area (Å²) in [5, 5.41) is 11.6. The summed E-state index contributed by atoms with van der Waals surface area (Å²) in [5.74, 6) is -0.826. The number of hydrogen-bond donors (Lipinski definition) is 2. The van der Waals surface area contributed by atoms with E-state index in [-0.39, 0.29) is 18.1 Å². The fourth-order valence-corrected chi connectivity index (χ4v) is 1.81. The average molecular weight is 304 g/mol. The number of nitrogens with one attached hydrogen (secondary N) is 1. The van der Waals surface area contributed by atoms with E-state index in [1.807, 2.05) is 0 Å². The smallest absolute Gasteiger partial charge is 0.252 e. The minimum atomic E-state index is -0.530. The van der Waals surface area contributed by atoms with Crippen molar-refractivity contribution >= 4 is 21.8 Å². The Labute approximate surface area is 108 Å². The molecule has 94 valence electrons. The first-order chi connectivity index (χ1) is 7.85. The largest absolute Gasteiger partial charge is 0.396 e. The molecule has 0 heterocycles. The van der Waals surface area contributed by atoms with E-state index in [1.165, 1.54) is 18.2 Å².